The lowest BCUT2D eigenvalue weighted by molar-refractivity contribution is -0.143. The molecule has 34 heavy (non-hydrogen) atoms. The van der Waals surface area contributed by atoms with Gasteiger partial charge in [-0.2, -0.15) is 26.3 Å². The van der Waals surface area contributed by atoms with Crippen molar-refractivity contribution in [3.05, 3.63) is 81.9 Å². The molecule has 2 amide bonds. The van der Waals surface area contributed by atoms with E-state index in [0.29, 0.717) is 12.1 Å². The number of carbonyl (C=O) groups is 2. The molecule has 2 heterocycles. The molecule has 0 fully saturated rings. The van der Waals surface area contributed by atoms with Crippen LogP contribution in [0.4, 0.5) is 31.5 Å². The van der Waals surface area contributed by atoms with Gasteiger partial charge in [-0.15, -0.1) is 11.3 Å². The van der Waals surface area contributed by atoms with Crippen molar-refractivity contribution in [3.8, 4) is 0 Å². The Labute approximate surface area is 193 Å². The first-order valence-corrected chi connectivity index (χ1v) is 10.6. The SMILES string of the molecule is CN1C(=O)c2ccccc2[C@H](C(=O)Nc2nccs2)[C@H]1c1cc(C(F)(F)F)cc(C(F)(F)F)c1. The highest BCUT2D eigenvalue weighted by atomic mass is 32.1. The van der Waals surface area contributed by atoms with Crippen LogP contribution in [0.1, 0.15) is 44.6 Å². The van der Waals surface area contributed by atoms with Crippen LogP contribution in [0.5, 0.6) is 0 Å². The maximum absolute atomic E-state index is 13.5. The van der Waals surface area contributed by atoms with Crippen molar-refractivity contribution < 1.29 is 35.9 Å². The van der Waals surface area contributed by atoms with Crippen molar-refractivity contribution in [2.45, 2.75) is 24.3 Å². The molecule has 0 aliphatic carbocycles. The van der Waals surface area contributed by atoms with Crippen LogP contribution in [-0.4, -0.2) is 28.7 Å². The molecule has 2 aromatic carbocycles. The van der Waals surface area contributed by atoms with Gasteiger partial charge in [0.15, 0.2) is 5.13 Å². The van der Waals surface area contributed by atoms with Gasteiger partial charge in [0.25, 0.3) is 5.91 Å². The predicted octanol–water partition coefficient (Wildman–Crippen LogP) is 5.73. The number of benzene rings is 2. The van der Waals surface area contributed by atoms with Gasteiger partial charge in [-0.3, -0.25) is 9.59 Å². The Morgan fingerprint density at radius 2 is 1.65 bits per heavy atom. The molecule has 0 unspecified atom stereocenters. The molecule has 1 aliphatic heterocycles. The van der Waals surface area contributed by atoms with Crippen molar-refractivity contribution in [1.82, 2.24) is 9.88 Å². The van der Waals surface area contributed by atoms with Gasteiger partial charge in [0, 0.05) is 24.2 Å². The Hall–Kier alpha value is -3.41. The number of hydrogen-bond acceptors (Lipinski definition) is 4. The first-order valence-electron chi connectivity index (χ1n) is 9.73. The smallest absolute Gasteiger partial charge is 0.334 e. The summed E-state index contributed by atoms with van der Waals surface area (Å²) in [6, 6.07) is 5.64. The van der Waals surface area contributed by atoms with Gasteiger partial charge < -0.3 is 10.2 Å². The summed E-state index contributed by atoms with van der Waals surface area (Å²) in [7, 11) is 1.24. The summed E-state index contributed by atoms with van der Waals surface area (Å²) in [4.78, 5) is 31.2. The molecule has 4 rings (SSSR count). The van der Waals surface area contributed by atoms with E-state index in [-0.39, 0.29) is 22.3 Å². The molecule has 3 aromatic rings. The number of nitrogens with one attached hydrogen (secondary N) is 1. The van der Waals surface area contributed by atoms with E-state index in [4.69, 9.17) is 0 Å². The number of fused-ring (bicyclic) bond motifs is 1. The summed E-state index contributed by atoms with van der Waals surface area (Å²) in [5.74, 6) is -2.66. The minimum Gasteiger partial charge on any atom is -0.334 e. The Bertz CT molecular complexity index is 1210. The standard InChI is InChI=1S/C22H15F6N3O2S/c1-31-17(11-8-12(21(23,24)25)10-13(9-11)22(26,27)28)16(18(32)30-20-29-6-7-34-20)14-4-2-3-5-15(14)19(31)33/h2-10,16-17H,1H3,(H,29,30,32)/t16-,17+/m0/s1. The van der Waals surface area contributed by atoms with Crippen LogP contribution in [0.15, 0.2) is 54.0 Å². The van der Waals surface area contributed by atoms with Crippen LogP contribution in [-0.2, 0) is 17.1 Å². The zero-order valence-electron chi connectivity index (χ0n) is 17.2. The van der Waals surface area contributed by atoms with Crippen LogP contribution < -0.4 is 5.32 Å². The monoisotopic (exact) mass is 499 g/mol. The molecule has 178 valence electrons. The summed E-state index contributed by atoms with van der Waals surface area (Å²) in [6.45, 7) is 0. The number of nitrogens with zero attached hydrogens (tertiary/aromatic N) is 2. The molecule has 12 heteroatoms. The fraction of sp³-hybridized carbons (Fsp3) is 0.227. The van der Waals surface area contributed by atoms with Gasteiger partial charge in [0.05, 0.1) is 23.1 Å². The van der Waals surface area contributed by atoms with Crippen molar-refractivity contribution in [1.29, 1.82) is 0 Å². The van der Waals surface area contributed by atoms with Crippen molar-refractivity contribution >= 4 is 28.3 Å². The number of halogens is 6. The minimum absolute atomic E-state index is 0.00669. The van der Waals surface area contributed by atoms with Gasteiger partial charge in [0.2, 0.25) is 5.91 Å². The fourth-order valence-electron chi connectivity index (χ4n) is 3.99. The topological polar surface area (TPSA) is 62.3 Å². The minimum atomic E-state index is -5.08. The van der Waals surface area contributed by atoms with Crippen LogP contribution >= 0.6 is 11.3 Å². The van der Waals surface area contributed by atoms with Crippen LogP contribution in [0.3, 0.4) is 0 Å². The second-order valence-electron chi connectivity index (χ2n) is 7.59. The number of likely N-dealkylation sites (N-methyl/N-ethyl adjacent to an activating group) is 1. The molecule has 1 aliphatic rings. The Kier molecular flexibility index (Phi) is 5.88. The summed E-state index contributed by atoms with van der Waals surface area (Å²) in [6.07, 6.45) is -8.74. The molecule has 0 saturated heterocycles. The van der Waals surface area contributed by atoms with E-state index in [9.17, 15) is 35.9 Å². The molecule has 0 spiro atoms. The van der Waals surface area contributed by atoms with Gasteiger partial charge in [0.1, 0.15) is 0 Å². The third-order valence-corrected chi connectivity index (χ3v) is 6.16. The number of hydrogen-bond donors (Lipinski definition) is 1. The number of aromatic nitrogens is 1. The fourth-order valence-corrected chi connectivity index (χ4v) is 4.52. The summed E-state index contributed by atoms with van der Waals surface area (Å²) in [5.41, 5.74) is -3.21. The molecule has 2 atom stereocenters. The molecule has 0 radical (unpaired) electrons. The average Bonchev–Trinajstić information content (AvgIpc) is 3.27. The normalized spacial score (nSPS) is 18.6. The summed E-state index contributed by atoms with van der Waals surface area (Å²) >= 11 is 1.09. The quantitative estimate of drug-likeness (QED) is 0.469. The van der Waals surface area contributed by atoms with Crippen LogP contribution in [0.2, 0.25) is 0 Å². The van der Waals surface area contributed by atoms with Crippen molar-refractivity contribution in [2.75, 3.05) is 12.4 Å². The molecule has 1 aromatic heterocycles. The third kappa shape index (κ3) is 4.37. The number of thiazole rings is 1. The molecule has 5 nitrogen and oxygen atoms in total. The zero-order chi connectivity index (χ0) is 24.8. The van der Waals surface area contributed by atoms with Gasteiger partial charge in [-0.25, -0.2) is 4.98 Å². The van der Waals surface area contributed by atoms with Crippen molar-refractivity contribution in [2.24, 2.45) is 0 Å². The lowest BCUT2D eigenvalue weighted by Gasteiger charge is -2.40. The van der Waals surface area contributed by atoms with E-state index >= 15 is 0 Å². The van der Waals surface area contributed by atoms with Crippen LogP contribution in [0, 0.1) is 0 Å². The van der Waals surface area contributed by atoms with Gasteiger partial charge >= 0.3 is 12.4 Å². The maximum atomic E-state index is 13.5. The lowest BCUT2D eigenvalue weighted by Crippen LogP contribution is -2.44. The highest BCUT2D eigenvalue weighted by molar-refractivity contribution is 7.13. The predicted molar refractivity (Wildman–Crippen MR) is 111 cm³/mol. The number of anilines is 1. The van der Waals surface area contributed by atoms with E-state index in [1.54, 1.807) is 11.4 Å². The van der Waals surface area contributed by atoms with E-state index in [1.165, 1.54) is 31.4 Å². The highest BCUT2D eigenvalue weighted by Gasteiger charge is 2.45. The molecule has 0 bridgehead atoms. The van der Waals surface area contributed by atoms with E-state index in [0.717, 1.165) is 16.2 Å². The van der Waals surface area contributed by atoms with E-state index < -0.39 is 52.8 Å². The third-order valence-electron chi connectivity index (χ3n) is 5.48. The summed E-state index contributed by atoms with van der Waals surface area (Å²) in [5, 5.41) is 4.32. The van der Waals surface area contributed by atoms with Gasteiger partial charge in [-0.1, -0.05) is 18.2 Å². The molecule has 1 N–H and O–H groups in total. The van der Waals surface area contributed by atoms with E-state index in [1.807, 2.05) is 0 Å². The number of rotatable bonds is 3. The maximum Gasteiger partial charge on any atom is 0.416 e. The Morgan fingerprint density at radius 3 is 2.21 bits per heavy atom. The largest absolute Gasteiger partial charge is 0.416 e. The number of alkyl halides is 6. The Morgan fingerprint density at radius 1 is 1.03 bits per heavy atom. The second kappa shape index (κ2) is 8.42. The highest BCUT2D eigenvalue weighted by Crippen LogP contribution is 2.45. The molecular formula is C22H15F6N3O2S. The second-order valence-corrected chi connectivity index (χ2v) is 8.49. The van der Waals surface area contributed by atoms with E-state index in [2.05, 4.69) is 10.3 Å². The molecular weight excluding hydrogens is 484 g/mol. The first-order chi connectivity index (χ1) is 15.9. The molecule has 0 saturated carbocycles. The summed E-state index contributed by atoms with van der Waals surface area (Å²) < 4.78 is 80.9. The van der Waals surface area contributed by atoms with Crippen LogP contribution in [0.25, 0.3) is 0 Å². The van der Waals surface area contributed by atoms with Crippen molar-refractivity contribution in [3.63, 3.8) is 0 Å². The van der Waals surface area contributed by atoms with Gasteiger partial charge in [-0.05, 0) is 35.4 Å². The lowest BCUT2D eigenvalue weighted by atomic mass is 9.79. The number of carbonyl (C=O) groups excluding carboxylic acids is 2. The average molecular weight is 499 g/mol. The first kappa shape index (κ1) is 23.7. The Balaban J connectivity index is 1.92. The number of amides is 2. The zero-order valence-corrected chi connectivity index (χ0v) is 18.1.